The van der Waals surface area contributed by atoms with Crippen LogP contribution in [0, 0.1) is 0 Å². The van der Waals surface area contributed by atoms with E-state index in [0.717, 1.165) is 31.4 Å². The Kier molecular flexibility index (Phi) is 9.79. The van der Waals surface area contributed by atoms with Crippen LogP contribution in [-0.4, -0.2) is 28.5 Å². The second-order valence-corrected chi connectivity index (χ2v) is 11.8. The molecule has 11 heteroatoms. The molecule has 0 aliphatic carbocycles. The van der Waals surface area contributed by atoms with E-state index < -0.39 is 25.0 Å². The summed E-state index contributed by atoms with van der Waals surface area (Å²) in [5.41, 5.74) is 3.53. The summed E-state index contributed by atoms with van der Waals surface area (Å²) in [6.45, 7) is 0.874. The molecule has 0 aromatic heterocycles. The Bertz CT molecular complexity index is 1470. The summed E-state index contributed by atoms with van der Waals surface area (Å²) in [5, 5.41) is 20.6. The van der Waals surface area contributed by atoms with Crippen molar-refractivity contribution in [3.63, 3.8) is 0 Å². The highest BCUT2D eigenvalue weighted by Crippen LogP contribution is 2.30. The van der Waals surface area contributed by atoms with E-state index in [1.807, 2.05) is 48.5 Å². The molecule has 0 saturated carbocycles. The average molecular weight is 585 g/mol. The van der Waals surface area contributed by atoms with Gasteiger partial charge in [-0.25, -0.2) is 4.21 Å². The minimum Gasteiger partial charge on any atom is -0.423 e. The van der Waals surface area contributed by atoms with Gasteiger partial charge in [0, 0.05) is 29.6 Å². The molecular formula is C27H24B2Cl2O5S2. The van der Waals surface area contributed by atoms with Crippen LogP contribution in [0.5, 0.6) is 0 Å². The molecule has 4 aromatic carbocycles. The molecule has 0 amide bonds. The van der Waals surface area contributed by atoms with Gasteiger partial charge in [0.15, 0.2) is 0 Å². The number of hydrogen-bond donors (Lipinski definition) is 2. The lowest BCUT2D eigenvalue weighted by molar-refractivity contribution is 0.275. The maximum absolute atomic E-state index is 12.4. The quantitative estimate of drug-likeness (QED) is 0.326. The zero-order valence-electron chi connectivity index (χ0n) is 19.3. The van der Waals surface area contributed by atoms with Gasteiger partial charge < -0.3 is 19.4 Å². The highest BCUT2D eigenvalue weighted by molar-refractivity contribution is 7.99. The van der Waals surface area contributed by atoms with Crippen LogP contribution in [0.3, 0.4) is 0 Å². The second-order valence-electron chi connectivity index (χ2n) is 8.33. The zero-order chi connectivity index (χ0) is 25.9. The smallest absolute Gasteiger partial charge is 0.423 e. The molecule has 1 unspecified atom stereocenters. The summed E-state index contributed by atoms with van der Waals surface area (Å²) in [6, 6.07) is 26.0. The molecule has 0 spiro atoms. The van der Waals surface area contributed by atoms with E-state index in [1.165, 1.54) is 0 Å². The zero-order valence-corrected chi connectivity index (χ0v) is 22.5. The number of fused-ring (bicyclic) bond motifs is 2. The first-order chi connectivity index (χ1) is 17.9. The van der Waals surface area contributed by atoms with E-state index in [0.29, 0.717) is 33.5 Å². The predicted molar refractivity (Wildman–Crippen MR) is 156 cm³/mol. The SMILES string of the molecule is C.O=S(c1cccc(Cl)c1)c1ccc2c(c1)B(O)OC2.OB1OCc2ccc(Sc3cccc(Cl)c3)cc21. The van der Waals surface area contributed by atoms with Crippen molar-refractivity contribution in [2.24, 2.45) is 0 Å². The van der Waals surface area contributed by atoms with Crippen molar-refractivity contribution in [3.05, 3.63) is 106 Å². The molecule has 0 bridgehead atoms. The first kappa shape index (κ1) is 28.9. The Labute approximate surface area is 239 Å². The molecule has 6 rings (SSSR count). The van der Waals surface area contributed by atoms with Crippen molar-refractivity contribution in [3.8, 4) is 0 Å². The van der Waals surface area contributed by atoms with Gasteiger partial charge in [-0.3, -0.25) is 0 Å². The molecule has 0 radical (unpaired) electrons. The van der Waals surface area contributed by atoms with Gasteiger partial charge in [0.05, 0.1) is 24.0 Å². The minimum absolute atomic E-state index is 0. The summed E-state index contributed by atoms with van der Waals surface area (Å²) >= 11 is 13.5. The van der Waals surface area contributed by atoms with Crippen LogP contribution in [-0.2, 0) is 33.3 Å². The third-order valence-electron chi connectivity index (χ3n) is 5.82. The molecule has 2 aliphatic heterocycles. The highest BCUT2D eigenvalue weighted by Gasteiger charge is 2.28. The average Bonchev–Trinajstić information content (AvgIpc) is 3.46. The third-order valence-corrected chi connectivity index (χ3v) is 8.63. The van der Waals surface area contributed by atoms with Gasteiger partial charge in [-0.15, -0.1) is 0 Å². The lowest BCUT2D eigenvalue weighted by Crippen LogP contribution is -2.28. The van der Waals surface area contributed by atoms with E-state index in [-0.39, 0.29) is 7.43 Å². The number of benzene rings is 4. The molecule has 4 aromatic rings. The normalized spacial score (nSPS) is 14.2. The molecular weight excluding hydrogens is 561 g/mol. The van der Waals surface area contributed by atoms with E-state index in [9.17, 15) is 14.3 Å². The largest absolute Gasteiger partial charge is 0.491 e. The molecule has 2 heterocycles. The van der Waals surface area contributed by atoms with Gasteiger partial charge in [-0.2, -0.15) is 0 Å². The van der Waals surface area contributed by atoms with Crippen LogP contribution in [0.4, 0.5) is 0 Å². The van der Waals surface area contributed by atoms with Crippen molar-refractivity contribution in [2.75, 3.05) is 0 Å². The lowest BCUT2D eigenvalue weighted by atomic mass is 9.80. The lowest BCUT2D eigenvalue weighted by Gasteiger charge is -2.05. The summed E-state index contributed by atoms with van der Waals surface area (Å²) < 4.78 is 22.7. The number of hydrogen-bond acceptors (Lipinski definition) is 6. The monoisotopic (exact) mass is 584 g/mol. The Morgan fingerprint density at radius 2 is 1.26 bits per heavy atom. The summed E-state index contributed by atoms with van der Waals surface area (Å²) in [6.07, 6.45) is 0. The van der Waals surface area contributed by atoms with Crippen molar-refractivity contribution in [2.45, 2.75) is 40.2 Å². The van der Waals surface area contributed by atoms with Gasteiger partial charge in [-0.05, 0) is 82.7 Å². The maximum Gasteiger partial charge on any atom is 0.491 e. The van der Waals surface area contributed by atoms with E-state index in [1.54, 1.807) is 48.2 Å². The van der Waals surface area contributed by atoms with Crippen molar-refractivity contribution >= 4 is 70.9 Å². The molecule has 0 saturated heterocycles. The predicted octanol–water partition coefficient (Wildman–Crippen LogP) is 5.07. The first-order valence-electron chi connectivity index (χ1n) is 11.3. The van der Waals surface area contributed by atoms with Crippen molar-refractivity contribution in [1.82, 2.24) is 0 Å². The standard InChI is InChI=1S/C13H10BClO3S.C13H10BClO2S.CH4/c15-10-2-1-3-11(6-10)19(17)12-5-4-9-8-18-14(16)13(9)7-12;15-10-2-1-3-11(6-10)18-12-5-4-9-8-17-14(16)13(9)7-12;/h1-7,16H,8H2;1-7,16H,8H2;1H4. The highest BCUT2D eigenvalue weighted by atomic mass is 35.5. The molecule has 0 fully saturated rings. The molecule has 194 valence electrons. The fourth-order valence-electron chi connectivity index (χ4n) is 3.95. The topological polar surface area (TPSA) is 76.0 Å². The molecule has 5 nitrogen and oxygen atoms in total. The third kappa shape index (κ3) is 6.73. The Hall–Kier alpha value is -2.07. The van der Waals surface area contributed by atoms with Crippen LogP contribution < -0.4 is 10.9 Å². The van der Waals surface area contributed by atoms with Gasteiger partial charge >= 0.3 is 14.2 Å². The summed E-state index contributed by atoms with van der Waals surface area (Å²) in [7, 11) is -3.03. The van der Waals surface area contributed by atoms with Crippen LogP contribution in [0.1, 0.15) is 18.6 Å². The molecule has 2 aliphatic rings. The van der Waals surface area contributed by atoms with Crippen LogP contribution in [0.15, 0.2) is 105 Å². The second kappa shape index (κ2) is 12.9. The number of halogens is 2. The van der Waals surface area contributed by atoms with E-state index in [4.69, 9.17) is 32.5 Å². The van der Waals surface area contributed by atoms with Crippen molar-refractivity contribution < 1.29 is 23.6 Å². The summed E-state index contributed by atoms with van der Waals surface area (Å²) in [5.74, 6) is 0. The van der Waals surface area contributed by atoms with Crippen molar-refractivity contribution in [1.29, 1.82) is 0 Å². The van der Waals surface area contributed by atoms with Crippen LogP contribution >= 0.6 is 35.0 Å². The summed E-state index contributed by atoms with van der Waals surface area (Å²) in [4.78, 5) is 3.42. The van der Waals surface area contributed by atoms with E-state index >= 15 is 0 Å². The van der Waals surface area contributed by atoms with Crippen LogP contribution in [0.25, 0.3) is 0 Å². The molecule has 2 N–H and O–H groups in total. The fraction of sp³-hybridized carbons (Fsp3) is 0.111. The molecule has 38 heavy (non-hydrogen) atoms. The van der Waals surface area contributed by atoms with Gasteiger partial charge in [0.1, 0.15) is 0 Å². The van der Waals surface area contributed by atoms with Gasteiger partial charge in [0.2, 0.25) is 0 Å². The maximum atomic E-state index is 12.4. The Morgan fingerprint density at radius 1 is 0.711 bits per heavy atom. The molecule has 1 atom stereocenters. The van der Waals surface area contributed by atoms with Gasteiger partial charge in [0.25, 0.3) is 0 Å². The first-order valence-corrected chi connectivity index (χ1v) is 14.1. The minimum atomic E-state index is -1.32. The number of rotatable bonds is 4. The fourth-order valence-corrected chi connectivity index (χ4v) is 6.52. The Morgan fingerprint density at radius 3 is 1.92 bits per heavy atom. The van der Waals surface area contributed by atoms with Crippen LogP contribution in [0.2, 0.25) is 10.0 Å². The Balaban J connectivity index is 0.000000173. The van der Waals surface area contributed by atoms with E-state index in [2.05, 4.69) is 0 Å². The van der Waals surface area contributed by atoms with Gasteiger partial charge in [-0.1, -0.05) is 66.7 Å².